The van der Waals surface area contributed by atoms with Crippen LogP contribution in [0, 0.1) is 13.8 Å². The number of aromatic nitrogens is 1. The van der Waals surface area contributed by atoms with E-state index in [2.05, 4.69) is 41.1 Å². The molecule has 0 atom stereocenters. The largest absolute Gasteiger partial charge is 0.492 e. The minimum Gasteiger partial charge on any atom is -0.492 e. The number of aryl methyl sites for hydroxylation is 2. The standard InChI is InChI=1S/C22H25N3O3/c1-4-27-22(26)24-23-14-18-15-25(21-8-6-5-7-20(18)21)9-10-28-19-12-16(2)11-17(3)13-19/h5-8,11-15H,4,9-10H2,1-3H3,(H,24,26)/b23-14-. The number of amides is 1. The van der Waals surface area contributed by atoms with E-state index in [1.807, 2.05) is 36.5 Å². The van der Waals surface area contributed by atoms with E-state index in [0.29, 0.717) is 19.8 Å². The number of fused-ring (bicyclic) bond motifs is 1. The van der Waals surface area contributed by atoms with Crippen LogP contribution in [-0.2, 0) is 11.3 Å². The normalized spacial score (nSPS) is 11.1. The fraction of sp³-hybridized carbons (Fsp3) is 0.273. The first kappa shape index (κ1) is 19.5. The van der Waals surface area contributed by atoms with Gasteiger partial charge in [0.2, 0.25) is 0 Å². The molecule has 0 aliphatic heterocycles. The third-order valence-corrected chi connectivity index (χ3v) is 4.25. The Bertz CT molecular complexity index is 972. The van der Waals surface area contributed by atoms with Gasteiger partial charge in [0.1, 0.15) is 12.4 Å². The maximum Gasteiger partial charge on any atom is 0.427 e. The summed E-state index contributed by atoms with van der Waals surface area (Å²) in [7, 11) is 0. The third kappa shape index (κ3) is 4.91. The number of benzene rings is 2. The summed E-state index contributed by atoms with van der Waals surface area (Å²) in [5.41, 5.74) is 6.74. The molecule has 2 aromatic carbocycles. The first-order valence-electron chi connectivity index (χ1n) is 9.31. The van der Waals surface area contributed by atoms with Crippen LogP contribution in [0.4, 0.5) is 4.79 Å². The molecular weight excluding hydrogens is 354 g/mol. The SMILES string of the molecule is CCOC(=O)N/N=C\c1cn(CCOc2cc(C)cc(C)c2)c2ccccc12. The Kier molecular flexibility index (Phi) is 6.32. The van der Waals surface area contributed by atoms with Gasteiger partial charge < -0.3 is 14.0 Å². The predicted octanol–water partition coefficient (Wildman–Crippen LogP) is 4.42. The molecule has 0 aliphatic carbocycles. The van der Waals surface area contributed by atoms with E-state index in [1.54, 1.807) is 13.1 Å². The van der Waals surface area contributed by atoms with E-state index in [1.165, 1.54) is 11.1 Å². The third-order valence-electron chi connectivity index (χ3n) is 4.25. The Morgan fingerprint density at radius 2 is 1.93 bits per heavy atom. The maximum atomic E-state index is 11.4. The van der Waals surface area contributed by atoms with E-state index in [0.717, 1.165) is 22.2 Å². The minimum absolute atomic E-state index is 0.307. The molecule has 3 rings (SSSR count). The fourth-order valence-electron chi connectivity index (χ4n) is 3.16. The van der Waals surface area contributed by atoms with Gasteiger partial charge in [-0.3, -0.25) is 0 Å². The Morgan fingerprint density at radius 3 is 2.68 bits per heavy atom. The molecule has 0 aliphatic rings. The van der Waals surface area contributed by atoms with Crippen LogP contribution in [0.2, 0.25) is 0 Å². The second-order valence-electron chi connectivity index (χ2n) is 6.56. The molecule has 1 N–H and O–H groups in total. The van der Waals surface area contributed by atoms with E-state index >= 15 is 0 Å². The Morgan fingerprint density at radius 1 is 1.18 bits per heavy atom. The molecule has 146 valence electrons. The van der Waals surface area contributed by atoms with Crippen molar-refractivity contribution in [3.63, 3.8) is 0 Å². The lowest BCUT2D eigenvalue weighted by Crippen LogP contribution is -2.18. The molecule has 6 nitrogen and oxygen atoms in total. The molecule has 3 aromatic rings. The van der Waals surface area contributed by atoms with Crippen molar-refractivity contribution in [1.82, 2.24) is 9.99 Å². The number of nitrogens with zero attached hydrogens (tertiary/aromatic N) is 2. The van der Waals surface area contributed by atoms with Crippen molar-refractivity contribution in [2.75, 3.05) is 13.2 Å². The average molecular weight is 379 g/mol. The minimum atomic E-state index is -0.565. The second-order valence-corrected chi connectivity index (χ2v) is 6.56. The van der Waals surface area contributed by atoms with Crippen molar-refractivity contribution in [3.8, 4) is 5.75 Å². The molecule has 1 aromatic heterocycles. The van der Waals surface area contributed by atoms with Gasteiger partial charge in [-0.1, -0.05) is 24.3 Å². The highest BCUT2D eigenvalue weighted by Gasteiger charge is 2.07. The summed E-state index contributed by atoms with van der Waals surface area (Å²) in [5, 5.41) is 5.04. The molecule has 0 radical (unpaired) electrons. The Labute approximate surface area is 164 Å². The molecule has 1 amide bonds. The van der Waals surface area contributed by atoms with Crippen LogP contribution < -0.4 is 10.2 Å². The second kappa shape index (κ2) is 9.08. The summed E-state index contributed by atoms with van der Waals surface area (Å²) in [5.74, 6) is 0.884. The van der Waals surface area contributed by atoms with Crippen LogP contribution in [-0.4, -0.2) is 30.1 Å². The summed E-state index contributed by atoms with van der Waals surface area (Å²) >= 11 is 0. The zero-order valence-corrected chi connectivity index (χ0v) is 16.4. The van der Waals surface area contributed by atoms with Gasteiger partial charge in [-0.2, -0.15) is 5.10 Å². The molecule has 0 unspecified atom stereocenters. The average Bonchev–Trinajstić information content (AvgIpc) is 2.99. The quantitative estimate of drug-likeness (QED) is 0.488. The highest BCUT2D eigenvalue weighted by molar-refractivity contribution is 5.99. The topological polar surface area (TPSA) is 64.8 Å². The van der Waals surface area contributed by atoms with Gasteiger partial charge in [0, 0.05) is 22.7 Å². The number of ether oxygens (including phenoxy) is 2. The van der Waals surface area contributed by atoms with Crippen molar-refractivity contribution in [2.24, 2.45) is 5.10 Å². The molecule has 0 bridgehead atoms. The van der Waals surface area contributed by atoms with Crippen LogP contribution in [0.1, 0.15) is 23.6 Å². The first-order valence-corrected chi connectivity index (χ1v) is 9.31. The Balaban J connectivity index is 1.71. The van der Waals surface area contributed by atoms with Gasteiger partial charge in [0.05, 0.1) is 19.4 Å². The monoisotopic (exact) mass is 379 g/mol. The van der Waals surface area contributed by atoms with Gasteiger partial charge >= 0.3 is 6.09 Å². The zero-order valence-electron chi connectivity index (χ0n) is 16.4. The Hall–Kier alpha value is -3.28. The molecule has 28 heavy (non-hydrogen) atoms. The molecular formula is C22H25N3O3. The first-order chi connectivity index (χ1) is 13.6. The van der Waals surface area contributed by atoms with Gasteiger partial charge in [0.15, 0.2) is 0 Å². The smallest absolute Gasteiger partial charge is 0.427 e. The van der Waals surface area contributed by atoms with Crippen LogP contribution in [0.3, 0.4) is 0 Å². The van der Waals surface area contributed by atoms with Crippen LogP contribution in [0.15, 0.2) is 53.8 Å². The molecule has 0 saturated carbocycles. The summed E-state index contributed by atoms with van der Waals surface area (Å²) in [6.07, 6.45) is 3.07. The van der Waals surface area contributed by atoms with Gasteiger partial charge in [-0.25, -0.2) is 10.2 Å². The molecule has 1 heterocycles. The number of carbonyl (C=O) groups excluding carboxylic acids is 1. The van der Waals surface area contributed by atoms with Crippen molar-refractivity contribution >= 4 is 23.2 Å². The van der Waals surface area contributed by atoms with Crippen molar-refractivity contribution in [1.29, 1.82) is 0 Å². The van der Waals surface area contributed by atoms with E-state index in [4.69, 9.17) is 9.47 Å². The fourth-order valence-corrected chi connectivity index (χ4v) is 3.16. The van der Waals surface area contributed by atoms with Gasteiger partial charge in [0.25, 0.3) is 0 Å². The van der Waals surface area contributed by atoms with Gasteiger partial charge in [-0.15, -0.1) is 0 Å². The van der Waals surface area contributed by atoms with Crippen molar-refractivity contribution in [3.05, 3.63) is 65.4 Å². The number of hydrogen-bond acceptors (Lipinski definition) is 4. The van der Waals surface area contributed by atoms with E-state index in [-0.39, 0.29) is 0 Å². The lowest BCUT2D eigenvalue weighted by molar-refractivity contribution is 0.152. The summed E-state index contributed by atoms with van der Waals surface area (Å²) < 4.78 is 12.9. The molecule has 6 heteroatoms. The highest BCUT2D eigenvalue weighted by atomic mass is 16.5. The summed E-state index contributed by atoms with van der Waals surface area (Å²) in [6, 6.07) is 14.3. The lowest BCUT2D eigenvalue weighted by Gasteiger charge is -2.10. The zero-order chi connectivity index (χ0) is 19.9. The number of rotatable bonds is 7. The van der Waals surface area contributed by atoms with Crippen LogP contribution >= 0.6 is 0 Å². The number of carbonyl (C=O) groups is 1. The van der Waals surface area contributed by atoms with Gasteiger partial charge in [-0.05, 0) is 50.1 Å². The molecule has 0 spiro atoms. The van der Waals surface area contributed by atoms with Crippen LogP contribution in [0.25, 0.3) is 10.9 Å². The highest BCUT2D eigenvalue weighted by Crippen LogP contribution is 2.21. The maximum absolute atomic E-state index is 11.4. The van der Waals surface area contributed by atoms with E-state index in [9.17, 15) is 4.79 Å². The number of hydrogen-bond donors (Lipinski definition) is 1. The van der Waals surface area contributed by atoms with Crippen LogP contribution in [0.5, 0.6) is 5.75 Å². The number of nitrogens with one attached hydrogen (secondary N) is 1. The lowest BCUT2D eigenvalue weighted by atomic mass is 10.1. The molecule has 0 fully saturated rings. The summed E-state index contributed by atoms with van der Waals surface area (Å²) in [4.78, 5) is 11.4. The predicted molar refractivity (Wildman–Crippen MR) is 111 cm³/mol. The number of hydrazone groups is 1. The van der Waals surface area contributed by atoms with Crippen molar-refractivity contribution in [2.45, 2.75) is 27.3 Å². The van der Waals surface area contributed by atoms with Crippen molar-refractivity contribution < 1.29 is 14.3 Å². The number of para-hydroxylation sites is 1. The summed E-state index contributed by atoms with van der Waals surface area (Å²) in [6.45, 7) is 7.44. The molecule has 0 saturated heterocycles. The van der Waals surface area contributed by atoms with E-state index < -0.39 is 6.09 Å².